The Bertz CT molecular complexity index is 353. The lowest BCUT2D eigenvalue weighted by Gasteiger charge is -2.23. The Labute approximate surface area is 119 Å². The molecule has 0 bridgehead atoms. The van der Waals surface area contributed by atoms with Gasteiger partial charge in [-0.15, -0.1) is 0 Å². The zero-order valence-corrected chi connectivity index (χ0v) is 13.3. The smallest absolute Gasteiger partial charge is 0.0332 e. The molecule has 1 rings (SSSR count). The Morgan fingerprint density at radius 2 is 1.74 bits per heavy atom. The number of nitrogens with zero attached hydrogens (tertiary/aromatic N) is 1. The van der Waals surface area contributed by atoms with Gasteiger partial charge >= 0.3 is 0 Å². The molecule has 1 unspecified atom stereocenters. The number of rotatable bonds is 8. The first kappa shape index (κ1) is 16.2. The lowest BCUT2D eigenvalue weighted by molar-refractivity contribution is 0.321. The molecule has 0 fully saturated rings. The first-order chi connectivity index (χ1) is 9.06. The minimum atomic E-state index is 0.479. The number of nitrogens with one attached hydrogen (secondary N) is 1. The van der Waals surface area contributed by atoms with Crippen LogP contribution in [-0.2, 0) is 0 Å². The van der Waals surface area contributed by atoms with Gasteiger partial charge in [0.05, 0.1) is 0 Å². The molecule has 2 heteroatoms. The van der Waals surface area contributed by atoms with Gasteiger partial charge in [0.15, 0.2) is 0 Å². The van der Waals surface area contributed by atoms with Gasteiger partial charge in [-0.05, 0) is 58.9 Å². The number of benzene rings is 1. The van der Waals surface area contributed by atoms with Crippen LogP contribution in [0.25, 0.3) is 0 Å². The normalized spacial score (nSPS) is 12.9. The molecule has 0 aromatic heterocycles. The van der Waals surface area contributed by atoms with E-state index in [0.29, 0.717) is 6.04 Å². The van der Waals surface area contributed by atoms with Crippen LogP contribution in [0.3, 0.4) is 0 Å². The van der Waals surface area contributed by atoms with E-state index < -0.39 is 0 Å². The van der Waals surface area contributed by atoms with Crippen LogP contribution in [-0.4, -0.2) is 31.6 Å². The second kappa shape index (κ2) is 8.34. The Hall–Kier alpha value is -0.860. The Morgan fingerprint density at radius 3 is 2.26 bits per heavy atom. The van der Waals surface area contributed by atoms with Crippen molar-refractivity contribution in [3.8, 4) is 0 Å². The van der Waals surface area contributed by atoms with Gasteiger partial charge in [-0.1, -0.05) is 43.2 Å². The Morgan fingerprint density at radius 1 is 1.11 bits per heavy atom. The lowest BCUT2D eigenvalue weighted by atomic mass is 9.98. The third-order valence-electron chi connectivity index (χ3n) is 3.63. The average molecular weight is 262 g/mol. The van der Waals surface area contributed by atoms with Gasteiger partial charge in [0.25, 0.3) is 0 Å². The summed E-state index contributed by atoms with van der Waals surface area (Å²) in [6.07, 6.45) is 2.36. The highest BCUT2D eigenvalue weighted by Gasteiger charge is 2.12. The summed E-state index contributed by atoms with van der Waals surface area (Å²) < 4.78 is 0. The highest BCUT2D eigenvalue weighted by Crippen LogP contribution is 2.20. The van der Waals surface area contributed by atoms with E-state index in [2.05, 4.69) is 63.2 Å². The summed E-state index contributed by atoms with van der Waals surface area (Å²) in [4.78, 5) is 2.38. The third-order valence-corrected chi connectivity index (χ3v) is 3.63. The van der Waals surface area contributed by atoms with E-state index in [4.69, 9.17) is 0 Å². The third kappa shape index (κ3) is 5.75. The summed E-state index contributed by atoms with van der Waals surface area (Å²) in [5.41, 5.74) is 4.17. The maximum Gasteiger partial charge on any atom is 0.0332 e. The van der Waals surface area contributed by atoms with Crippen molar-refractivity contribution >= 4 is 0 Å². The monoisotopic (exact) mass is 262 g/mol. The molecule has 108 valence electrons. The quantitative estimate of drug-likeness (QED) is 0.768. The van der Waals surface area contributed by atoms with Crippen LogP contribution in [0.5, 0.6) is 0 Å². The Kier molecular flexibility index (Phi) is 7.11. The van der Waals surface area contributed by atoms with Crippen molar-refractivity contribution in [2.45, 2.75) is 46.6 Å². The lowest BCUT2D eigenvalue weighted by Crippen LogP contribution is -2.28. The van der Waals surface area contributed by atoms with E-state index >= 15 is 0 Å². The predicted molar refractivity (Wildman–Crippen MR) is 84.7 cm³/mol. The SMILES string of the molecule is CCCNC(CCN(C)CC)c1cc(C)cc(C)c1. The fourth-order valence-corrected chi connectivity index (χ4v) is 2.42. The molecule has 1 aromatic carbocycles. The van der Waals surface area contributed by atoms with Crippen LogP contribution in [0, 0.1) is 13.8 Å². The molecule has 0 heterocycles. The molecule has 0 aliphatic heterocycles. The zero-order chi connectivity index (χ0) is 14.3. The van der Waals surface area contributed by atoms with Crippen LogP contribution >= 0.6 is 0 Å². The van der Waals surface area contributed by atoms with Crippen LogP contribution in [0.1, 0.15) is 49.4 Å². The van der Waals surface area contributed by atoms with Crippen molar-refractivity contribution in [3.05, 3.63) is 34.9 Å². The molecule has 0 amide bonds. The van der Waals surface area contributed by atoms with Gasteiger partial charge in [0.2, 0.25) is 0 Å². The second-order valence-corrected chi connectivity index (χ2v) is 5.61. The molecule has 0 spiro atoms. The van der Waals surface area contributed by atoms with Crippen molar-refractivity contribution < 1.29 is 0 Å². The summed E-state index contributed by atoms with van der Waals surface area (Å²) >= 11 is 0. The van der Waals surface area contributed by atoms with Gasteiger partial charge in [0, 0.05) is 6.04 Å². The van der Waals surface area contributed by atoms with Crippen LogP contribution < -0.4 is 5.32 Å². The topological polar surface area (TPSA) is 15.3 Å². The highest BCUT2D eigenvalue weighted by atomic mass is 15.1. The standard InChI is InChI=1S/C17H30N2/c1-6-9-18-17(8-10-19(5)7-2)16-12-14(3)11-15(4)13-16/h11-13,17-18H,6-10H2,1-5H3. The van der Waals surface area contributed by atoms with E-state index in [9.17, 15) is 0 Å². The number of hydrogen-bond acceptors (Lipinski definition) is 2. The molecule has 0 saturated carbocycles. The maximum absolute atomic E-state index is 3.69. The predicted octanol–water partition coefficient (Wildman–Crippen LogP) is 3.69. The average Bonchev–Trinajstić information content (AvgIpc) is 2.37. The van der Waals surface area contributed by atoms with E-state index in [-0.39, 0.29) is 0 Å². The van der Waals surface area contributed by atoms with Crippen molar-refractivity contribution in [1.82, 2.24) is 10.2 Å². The molecular formula is C17H30N2. The van der Waals surface area contributed by atoms with Crippen LogP contribution in [0.4, 0.5) is 0 Å². The van der Waals surface area contributed by atoms with Crippen molar-refractivity contribution in [2.75, 3.05) is 26.7 Å². The minimum absolute atomic E-state index is 0.479. The fourth-order valence-electron chi connectivity index (χ4n) is 2.42. The zero-order valence-electron chi connectivity index (χ0n) is 13.3. The highest BCUT2D eigenvalue weighted by molar-refractivity contribution is 5.30. The van der Waals surface area contributed by atoms with Gasteiger partial charge in [-0.2, -0.15) is 0 Å². The van der Waals surface area contributed by atoms with Crippen LogP contribution in [0.2, 0.25) is 0 Å². The molecule has 0 radical (unpaired) electrons. The molecule has 1 aromatic rings. The van der Waals surface area contributed by atoms with E-state index in [1.54, 1.807) is 0 Å². The Balaban J connectivity index is 2.76. The molecule has 0 aliphatic rings. The largest absolute Gasteiger partial charge is 0.310 e. The van der Waals surface area contributed by atoms with Gasteiger partial charge in [-0.3, -0.25) is 0 Å². The van der Waals surface area contributed by atoms with Crippen molar-refractivity contribution in [2.24, 2.45) is 0 Å². The van der Waals surface area contributed by atoms with Crippen LogP contribution in [0.15, 0.2) is 18.2 Å². The van der Waals surface area contributed by atoms with Gasteiger partial charge in [-0.25, -0.2) is 0 Å². The summed E-state index contributed by atoms with van der Waals surface area (Å²) in [7, 11) is 2.19. The first-order valence-corrected chi connectivity index (χ1v) is 7.57. The van der Waals surface area contributed by atoms with Crippen molar-refractivity contribution in [3.63, 3.8) is 0 Å². The van der Waals surface area contributed by atoms with E-state index in [1.807, 2.05) is 0 Å². The maximum atomic E-state index is 3.69. The molecule has 2 nitrogen and oxygen atoms in total. The van der Waals surface area contributed by atoms with Crippen molar-refractivity contribution in [1.29, 1.82) is 0 Å². The van der Waals surface area contributed by atoms with E-state index in [1.165, 1.54) is 29.5 Å². The molecule has 1 atom stereocenters. The summed E-state index contributed by atoms with van der Waals surface area (Å²) in [6, 6.07) is 7.38. The molecule has 0 saturated heterocycles. The summed E-state index contributed by atoms with van der Waals surface area (Å²) in [6.45, 7) is 12.2. The van der Waals surface area contributed by atoms with Gasteiger partial charge in [0.1, 0.15) is 0 Å². The fraction of sp³-hybridized carbons (Fsp3) is 0.647. The van der Waals surface area contributed by atoms with Gasteiger partial charge < -0.3 is 10.2 Å². The molecule has 19 heavy (non-hydrogen) atoms. The van der Waals surface area contributed by atoms with E-state index in [0.717, 1.165) is 19.6 Å². The number of aryl methyl sites for hydroxylation is 2. The summed E-state index contributed by atoms with van der Waals surface area (Å²) in [5, 5.41) is 3.69. The second-order valence-electron chi connectivity index (χ2n) is 5.61. The first-order valence-electron chi connectivity index (χ1n) is 7.57. The molecule has 1 N–H and O–H groups in total. The number of hydrogen-bond donors (Lipinski definition) is 1. The minimum Gasteiger partial charge on any atom is -0.310 e. The summed E-state index contributed by atoms with van der Waals surface area (Å²) in [5.74, 6) is 0. The molecule has 0 aliphatic carbocycles. The molecular weight excluding hydrogens is 232 g/mol.